The van der Waals surface area contributed by atoms with E-state index in [2.05, 4.69) is 35.5 Å². The Kier molecular flexibility index (Phi) is 3.72. The molecular weight excluding hydrogens is 349 g/mol. The van der Waals surface area contributed by atoms with E-state index in [1.54, 1.807) is 36.5 Å². The lowest BCUT2D eigenvalue weighted by Crippen LogP contribution is -1.98. The van der Waals surface area contributed by atoms with E-state index < -0.39 is 0 Å². The van der Waals surface area contributed by atoms with E-state index >= 15 is 0 Å². The molecule has 4 aromatic rings. The molecule has 2 N–H and O–H groups in total. The first-order valence-corrected chi connectivity index (χ1v) is 7.68. The van der Waals surface area contributed by atoms with Crippen LogP contribution in [0.15, 0.2) is 42.9 Å². The molecule has 0 amide bonds. The number of imidazole rings is 1. The Hall–Kier alpha value is -2.77. The number of rotatable bonds is 3. The van der Waals surface area contributed by atoms with E-state index in [1.807, 2.05) is 0 Å². The van der Waals surface area contributed by atoms with Gasteiger partial charge in [0.25, 0.3) is 0 Å². The number of halogens is 2. The average Bonchev–Trinajstić information content (AvgIpc) is 3.00. The number of hydrogen-bond donors (Lipinski definition) is 2. The summed E-state index contributed by atoms with van der Waals surface area (Å²) in [7, 11) is 0. The van der Waals surface area contributed by atoms with Gasteiger partial charge < -0.3 is 10.3 Å². The molecule has 0 aliphatic heterocycles. The third-order valence-electron chi connectivity index (χ3n) is 3.31. The fraction of sp³-hybridized carbons (Fsp3) is 0. The number of aromatic amines is 1. The van der Waals surface area contributed by atoms with Gasteiger partial charge in [0.1, 0.15) is 17.7 Å². The zero-order chi connectivity index (χ0) is 16.5. The van der Waals surface area contributed by atoms with E-state index in [-0.39, 0.29) is 0 Å². The third kappa shape index (κ3) is 2.64. The number of anilines is 2. The number of H-pyrrole nitrogens is 1. The van der Waals surface area contributed by atoms with Gasteiger partial charge >= 0.3 is 0 Å². The van der Waals surface area contributed by atoms with Gasteiger partial charge in [-0.05, 0) is 24.3 Å². The van der Waals surface area contributed by atoms with Gasteiger partial charge in [-0.25, -0.2) is 15.0 Å². The van der Waals surface area contributed by atoms with E-state index in [9.17, 15) is 0 Å². The highest BCUT2D eigenvalue weighted by Gasteiger charge is 2.15. The molecule has 0 spiro atoms. The predicted molar refractivity (Wildman–Crippen MR) is 92.5 cm³/mol. The van der Waals surface area contributed by atoms with Gasteiger partial charge in [0.2, 0.25) is 0 Å². The molecule has 0 saturated heterocycles. The summed E-state index contributed by atoms with van der Waals surface area (Å²) in [5.41, 5.74) is 1.72. The average molecular weight is 358 g/mol. The van der Waals surface area contributed by atoms with E-state index in [1.165, 1.54) is 6.33 Å². The minimum atomic E-state index is 0.488. The van der Waals surface area contributed by atoms with Gasteiger partial charge in [-0.15, -0.1) is 5.10 Å². The molecule has 1 aromatic carbocycles. The summed E-state index contributed by atoms with van der Waals surface area (Å²) in [4.78, 5) is 16.0. The highest BCUT2D eigenvalue weighted by atomic mass is 35.5. The van der Waals surface area contributed by atoms with Gasteiger partial charge in [0.05, 0.1) is 15.6 Å². The molecule has 118 valence electrons. The molecule has 24 heavy (non-hydrogen) atoms. The van der Waals surface area contributed by atoms with Crippen LogP contribution < -0.4 is 5.32 Å². The molecule has 3 aromatic heterocycles. The normalized spacial score (nSPS) is 10.9. The first-order chi connectivity index (χ1) is 11.7. The van der Waals surface area contributed by atoms with E-state index in [4.69, 9.17) is 23.2 Å². The molecule has 0 radical (unpaired) electrons. The van der Waals surface area contributed by atoms with Crippen molar-refractivity contribution in [2.45, 2.75) is 0 Å². The number of aromatic nitrogens is 6. The highest BCUT2D eigenvalue weighted by molar-refractivity contribution is 6.39. The van der Waals surface area contributed by atoms with Crippen LogP contribution in [-0.2, 0) is 0 Å². The Balaban J connectivity index is 1.83. The predicted octanol–water partition coefficient (Wildman–Crippen LogP) is 3.86. The lowest BCUT2D eigenvalue weighted by Gasteiger charge is -2.04. The standard InChI is InChI=1S/C15H9Cl2N7/c16-8-3-1-4-9(17)11(8)13-22-12-14(18-7-19-15(12)23-13)21-10-5-2-6-20-24-10/h1-7H,(H2,18,19,21,22,23,24). The molecule has 4 rings (SSSR count). The Bertz CT molecular complexity index is 997. The molecule has 7 nitrogen and oxygen atoms in total. The first kappa shape index (κ1) is 14.8. The summed E-state index contributed by atoms with van der Waals surface area (Å²) in [6.07, 6.45) is 3.01. The number of nitrogens with one attached hydrogen (secondary N) is 2. The van der Waals surface area contributed by atoms with Crippen molar-refractivity contribution in [2.24, 2.45) is 0 Å². The molecular formula is C15H9Cl2N7. The maximum atomic E-state index is 6.25. The van der Waals surface area contributed by atoms with Gasteiger partial charge in [0.15, 0.2) is 17.3 Å². The number of nitrogens with zero attached hydrogens (tertiary/aromatic N) is 5. The van der Waals surface area contributed by atoms with Crippen molar-refractivity contribution in [1.29, 1.82) is 0 Å². The van der Waals surface area contributed by atoms with Crippen LogP contribution in [0.5, 0.6) is 0 Å². The molecule has 0 fully saturated rings. The largest absolute Gasteiger partial charge is 0.333 e. The van der Waals surface area contributed by atoms with Gasteiger partial charge in [-0.2, -0.15) is 5.10 Å². The van der Waals surface area contributed by atoms with Crippen LogP contribution in [0.25, 0.3) is 22.6 Å². The van der Waals surface area contributed by atoms with Crippen LogP contribution in [-0.4, -0.2) is 30.1 Å². The van der Waals surface area contributed by atoms with Crippen LogP contribution in [0.2, 0.25) is 10.0 Å². The molecule has 0 unspecified atom stereocenters. The van der Waals surface area contributed by atoms with Crippen molar-refractivity contribution in [3.63, 3.8) is 0 Å². The Labute approximate surface area is 146 Å². The second kappa shape index (κ2) is 6.03. The summed E-state index contributed by atoms with van der Waals surface area (Å²) in [5.74, 6) is 1.61. The number of benzene rings is 1. The van der Waals surface area contributed by atoms with Crippen LogP contribution in [0.1, 0.15) is 0 Å². The highest BCUT2D eigenvalue weighted by Crippen LogP contribution is 2.34. The van der Waals surface area contributed by atoms with Crippen LogP contribution in [0, 0.1) is 0 Å². The summed E-state index contributed by atoms with van der Waals surface area (Å²) in [6, 6.07) is 8.83. The third-order valence-corrected chi connectivity index (χ3v) is 3.94. The minimum Gasteiger partial charge on any atom is -0.333 e. The van der Waals surface area contributed by atoms with E-state index in [0.29, 0.717) is 44.2 Å². The Morgan fingerprint density at radius 2 is 1.83 bits per heavy atom. The second-order valence-electron chi connectivity index (χ2n) is 4.84. The van der Waals surface area contributed by atoms with Crippen molar-refractivity contribution < 1.29 is 0 Å². The SMILES string of the molecule is Clc1cccc(Cl)c1-c1nc2ncnc(Nc3cccnn3)c2[nH]1. The fourth-order valence-electron chi connectivity index (χ4n) is 2.26. The number of hydrogen-bond acceptors (Lipinski definition) is 6. The Morgan fingerprint density at radius 1 is 1.00 bits per heavy atom. The smallest absolute Gasteiger partial charge is 0.183 e. The molecule has 3 heterocycles. The summed E-state index contributed by atoms with van der Waals surface area (Å²) >= 11 is 12.5. The maximum Gasteiger partial charge on any atom is 0.183 e. The molecule has 0 aliphatic rings. The van der Waals surface area contributed by atoms with Crippen LogP contribution in [0.4, 0.5) is 11.6 Å². The lowest BCUT2D eigenvalue weighted by atomic mass is 10.2. The zero-order valence-corrected chi connectivity index (χ0v) is 13.5. The molecule has 0 atom stereocenters. The summed E-state index contributed by atoms with van der Waals surface area (Å²) < 4.78 is 0. The zero-order valence-electron chi connectivity index (χ0n) is 12.0. The summed E-state index contributed by atoms with van der Waals surface area (Å²) in [6.45, 7) is 0. The van der Waals surface area contributed by atoms with Crippen molar-refractivity contribution in [2.75, 3.05) is 5.32 Å². The number of fused-ring (bicyclic) bond motifs is 1. The van der Waals surface area contributed by atoms with Crippen molar-refractivity contribution in [3.8, 4) is 11.4 Å². The topological polar surface area (TPSA) is 92.3 Å². The quantitative estimate of drug-likeness (QED) is 0.578. The molecule has 9 heteroatoms. The molecule has 0 aliphatic carbocycles. The van der Waals surface area contributed by atoms with Gasteiger partial charge in [-0.3, -0.25) is 0 Å². The van der Waals surface area contributed by atoms with Crippen LogP contribution >= 0.6 is 23.2 Å². The van der Waals surface area contributed by atoms with Crippen molar-refractivity contribution in [3.05, 3.63) is 52.9 Å². The van der Waals surface area contributed by atoms with E-state index in [0.717, 1.165) is 0 Å². The van der Waals surface area contributed by atoms with Gasteiger partial charge in [-0.1, -0.05) is 29.3 Å². The maximum absolute atomic E-state index is 6.25. The summed E-state index contributed by atoms with van der Waals surface area (Å²) in [5, 5.41) is 11.9. The van der Waals surface area contributed by atoms with Crippen molar-refractivity contribution >= 4 is 46.0 Å². The molecule has 0 bridgehead atoms. The monoisotopic (exact) mass is 357 g/mol. The minimum absolute atomic E-state index is 0.488. The lowest BCUT2D eigenvalue weighted by molar-refractivity contribution is 1.03. The first-order valence-electron chi connectivity index (χ1n) is 6.92. The van der Waals surface area contributed by atoms with Gasteiger partial charge in [0, 0.05) is 6.20 Å². The van der Waals surface area contributed by atoms with Crippen LogP contribution in [0.3, 0.4) is 0 Å². The second-order valence-corrected chi connectivity index (χ2v) is 5.65. The fourth-order valence-corrected chi connectivity index (χ4v) is 2.83. The molecule has 0 saturated carbocycles. The van der Waals surface area contributed by atoms with Crippen molar-refractivity contribution in [1.82, 2.24) is 30.1 Å². The Morgan fingerprint density at radius 3 is 2.58 bits per heavy atom.